The van der Waals surface area contributed by atoms with Crippen molar-refractivity contribution in [1.29, 1.82) is 0 Å². The maximum atomic E-state index is 13.3. The Morgan fingerprint density at radius 3 is 2.67 bits per heavy atom. The maximum Gasteiger partial charge on any atom is 0.225 e. The predicted molar refractivity (Wildman–Crippen MR) is 129 cm³/mol. The number of nitrogens with one attached hydrogen (secondary N) is 1. The van der Waals surface area contributed by atoms with Crippen LogP contribution in [-0.4, -0.2) is 54.6 Å². The van der Waals surface area contributed by atoms with E-state index in [9.17, 15) is 4.79 Å². The van der Waals surface area contributed by atoms with Crippen LogP contribution in [0.25, 0.3) is 0 Å². The Morgan fingerprint density at radius 2 is 1.82 bits per heavy atom. The van der Waals surface area contributed by atoms with Crippen LogP contribution in [0, 0.1) is 5.92 Å². The van der Waals surface area contributed by atoms with E-state index in [1.54, 1.807) is 6.20 Å². The summed E-state index contributed by atoms with van der Waals surface area (Å²) in [4.78, 5) is 22.5. The third-order valence-electron chi connectivity index (χ3n) is 6.63. The van der Waals surface area contributed by atoms with Gasteiger partial charge in [-0.15, -0.1) is 0 Å². The molecular weight excluding hydrogens is 412 g/mol. The Labute approximate surface area is 195 Å². The van der Waals surface area contributed by atoms with Gasteiger partial charge in [-0.1, -0.05) is 42.5 Å². The van der Waals surface area contributed by atoms with Crippen molar-refractivity contribution in [3.63, 3.8) is 0 Å². The Hall–Kier alpha value is -3.38. The zero-order chi connectivity index (χ0) is 22.5. The van der Waals surface area contributed by atoms with E-state index in [2.05, 4.69) is 44.4 Å². The summed E-state index contributed by atoms with van der Waals surface area (Å²) in [5.41, 5.74) is 3.41. The molecule has 33 heavy (non-hydrogen) atoms. The second kappa shape index (κ2) is 10.0. The molecule has 2 aliphatic rings. The number of rotatable bonds is 7. The fourth-order valence-electron chi connectivity index (χ4n) is 4.94. The normalized spacial score (nSPS) is 19.9. The number of para-hydroxylation sites is 2. The number of amides is 1. The van der Waals surface area contributed by atoms with Crippen LogP contribution in [-0.2, 0) is 17.8 Å². The quantitative estimate of drug-likeness (QED) is 0.609. The molecule has 170 valence electrons. The van der Waals surface area contributed by atoms with Crippen LogP contribution >= 0.6 is 0 Å². The van der Waals surface area contributed by atoms with E-state index >= 15 is 0 Å². The molecule has 3 heterocycles. The Balaban J connectivity index is 1.26. The summed E-state index contributed by atoms with van der Waals surface area (Å²) < 4.78 is 5.92. The lowest BCUT2D eigenvalue weighted by Crippen LogP contribution is -2.61. The number of fused-ring (bicyclic) bond motifs is 3. The smallest absolute Gasteiger partial charge is 0.225 e. The van der Waals surface area contributed by atoms with Crippen molar-refractivity contribution in [3.05, 3.63) is 90.3 Å². The Morgan fingerprint density at radius 1 is 1.00 bits per heavy atom. The monoisotopic (exact) mass is 442 g/mol. The van der Waals surface area contributed by atoms with E-state index in [4.69, 9.17) is 4.74 Å². The van der Waals surface area contributed by atoms with E-state index in [-0.39, 0.29) is 17.9 Å². The van der Waals surface area contributed by atoms with Gasteiger partial charge in [0.25, 0.3) is 0 Å². The van der Waals surface area contributed by atoms with Gasteiger partial charge in [0.2, 0.25) is 5.91 Å². The number of piperazine rings is 1. The average Bonchev–Trinajstić information content (AvgIpc) is 2.88. The van der Waals surface area contributed by atoms with E-state index < -0.39 is 0 Å². The summed E-state index contributed by atoms with van der Waals surface area (Å²) >= 11 is 0. The van der Waals surface area contributed by atoms with Gasteiger partial charge in [0.1, 0.15) is 12.4 Å². The third kappa shape index (κ3) is 5.01. The molecule has 2 atom stereocenters. The molecule has 5 rings (SSSR count). The number of aromatic nitrogens is 1. The molecule has 1 amide bonds. The highest BCUT2D eigenvalue weighted by molar-refractivity contribution is 5.82. The molecule has 0 radical (unpaired) electrons. The highest BCUT2D eigenvalue weighted by Crippen LogP contribution is 2.36. The van der Waals surface area contributed by atoms with Crippen molar-refractivity contribution >= 4 is 11.6 Å². The molecule has 0 aliphatic carbocycles. The van der Waals surface area contributed by atoms with Gasteiger partial charge in [0.15, 0.2) is 0 Å². The lowest BCUT2D eigenvalue weighted by atomic mass is 9.83. The van der Waals surface area contributed by atoms with Gasteiger partial charge in [0, 0.05) is 38.1 Å². The number of nitrogens with zero attached hydrogens (tertiary/aromatic N) is 3. The molecule has 0 bridgehead atoms. The van der Waals surface area contributed by atoms with Crippen molar-refractivity contribution in [2.75, 3.05) is 37.7 Å². The van der Waals surface area contributed by atoms with Crippen LogP contribution in [0.2, 0.25) is 0 Å². The van der Waals surface area contributed by atoms with Gasteiger partial charge in [-0.2, -0.15) is 0 Å². The molecule has 1 saturated heterocycles. The first-order valence-corrected chi connectivity index (χ1v) is 11.7. The van der Waals surface area contributed by atoms with Crippen LogP contribution in [0.4, 0.5) is 5.69 Å². The van der Waals surface area contributed by atoms with Crippen LogP contribution < -0.4 is 15.0 Å². The van der Waals surface area contributed by atoms with Crippen molar-refractivity contribution in [1.82, 2.24) is 15.2 Å². The summed E-state index contributed by atoms with van der Waals surface area (Å²) in [5, 5.41) is 3.14. The molecule has 0 saturated carbocycles. The number of benzene rings is 2. The molecule has 3 aromatic rings. The Bertz CT molecular complexity index is 1060. The topological polar surface area (TPSA) is 57.7 Å². The fraction of sp³-hybridized carbons (Fsp3) is 0.333. The van der Waals surface area contributed by atoms with Crippen LogP contribution in [0.3, 0.4) is 0 Å². The molecule has 1 N–H and O–H groups in total. The minimum absolute atomic E-state index is 0.0959. The summed E-state index contributed by atoms with van der Waals surface area (Å²) in [6, 6.07) is 24.4. The Kier molecular flexibility index (Phi) is 6.53. The first-order valence-electron chi connectivity index (χ1n) is 11.7. The van der Waals surface area contributed by atoms with E-state index in [1.165, 1.54) is 11.3 Å². The summed E-state index contributed by atoms with van der Waals surface area (Å²) in [5.74, 6) is 0.906. The van der Waals surface area contributed by atoms with E-state index in [0.717, 1.165) is 44.0 Å². The van der Waals surface area contributed by atoms with Crippen molar-refractivity contribution < 1.29 is 9.53 Å². The van der Waals surface area contributed by atoms with Gasteiger partial charge < -0.3 is 15.0 Å². The molecule has 6 nitrogen and oxygen atoms in total. The average molecular weight is 443 g/mol. The van der Waals surface area contributed by atoms with E-state index in [0.29, 0.717) is 13.2 Å². The molecule has 2 aromatic carbocycles. The minimum atomic E-state index is -0.0959. The summed E-state index contributed by atoms with van der Waals surface area (Å²) in [6.45, 7) is 4.68. The van der Waals surface area contributed by atoms with Crippen molar-refractivity contribution in [3.8, 4) is 5.75 Å². The number of hydrogen-bond acceptors (Lipinski definition) is 5. The molecule has 6 heteroatoms. The predicted octanol–water partition coefficient (Wildman–Crippen LogP) is 3.14. The third-order valence-corrected chi connectivity index (χ3v) is 6.63. The van der Waals surface area contributed by atoms with Crippen LogP contribution in [0.15, 0.2) is 79.0 Å². The van der Waals surface area contributed by atoms with Gasteiger partial charge in [-0.3, -0.25) is 14.7 Å². The molecule has 1 aromatic heterocycles. The minimum Gasteiger partial charge on any atom is -0.492 e. The first-order chi connectivity index (χ1) is 16.3. The summed E-state index contributed by atoms with van der Waals surface area (Å²) in [6.07, 6.45) is 2.52. The zero-order valence-corrected chi connectivity index (χ0v) is 18.8. The van der Waals surface area contributed by atoms with Gasteiger partial charge in [0.05, 0.1) is 24.2 Å². The van der Waals surface area contributed by atoms with E-state index in [1.807, 2.05) is 48.5 Å². The molecular formula is C27H30N4O2. The SMILES string of the molecule is O=C(NCc1ccccn1)C1Cc2ccccc2N2CCN(CCOc3ccccc3)CC12. The molecule has 2 aliphatic heterocycles. The molecule has 2 unspecified atom stereocenters. The van der Waals surface area contributed by atoms with Crippen LogP contribution in [0.5, 0.6) is 5.75 Å². The largest absolute Gasteiger partial charge is 0.492 e. The molecule has 1 fully saturated rings. The number of pyridine rings is 1. The fourth-order valence-corrected chi connectivity index (χ4v) is 4.94. The first kappa shape index (κ1) is 21.5. The van der Waals surface area contributed by atoms with Crippen molar-refractivity contribution in [2.24, 2.45) is 5.92 Å². The number of carbonyl (C=O) groups is 1. The van der Waals surface area contributed by atoms with Gasteiger partial charge in [-0.05, 0) is 42.3 Å². The lowest BCUT2D eigenvalue weighted by Gasteiger charge is -2.49. The second-order valence-corrected chi connectivity index (χ2v) is 8.70. The number of carbonyl (C=O) groups excluding carboxylic acids is 1. The number of ether oxygens (including phenoxy) is 1. The van der Waals surface area contributed by atoms with Crippen molar-refractivity contribution in [2.45, 2.75) is 19.0 Å². The summed E-state index contributed by atoms with van der Waals surface area (Å²) in [7, 11) is 0. The standard InChI is InChI=1S/C27H30N4O2/c32-27(29-19-22-9-6-7-13-28-22)24-18-21-8-4-5-12-25(21)31-15-14-30(20-26(24)31)16-17-33-23-10-2-1-3-11-23/h1-13,24,26H,14-20H2,(H,29,32). The zero-order valence-electron chi connectivity index (χ0n) is 18.8. The highest BCUT2D eigenvalue weighted by Gasteiger charge is 2.41. The van der Waals surface area contributed by atoms with Gasteiger partial charge >= 0.3 is 0 Å². The van der Waals surface area contributed by atoms with Gasteiger partial charge in [-0.25, -0.2) is 0 Å². The second-order valence-electron chi connectivity index (χ2n) is 8.70. The lowest BCUT2D eigenvalue weighted by molar-refractivity contribution is -0.126. The van der Waals surface area contributed by atoms with Crippen LogP contribution in [0.1, 0.15) is 11.3 Å². The highest BCUT2D eigenvalue weighted by atomic mass is 16.5. The maximum absolute atomic E-state index is 13.3. The molecule has 0 spiro atoms. The number of hydrogen-bond donors (Lipinski definition) is 1. The number of anilines is 1.